The normalized spacial score (nSPS) is 10.2. The Morgan fingerprint density at radius 3 is 2.54 bits per heavy atom. The van der Waals surface area contributed by atoms with Gasteiger partial charge in [0.25, 0.3) is 0 Å². The van der Waals surface area contributed by atoms with Gasteiger partial charge >= 0.3 is 0 Å². The minimum atomic E-state index is -0.332. The van der Waals surface area contributed by atoms with Gasteiger partial charge in [-0.1, -0.05) is 23.7 Å². The lowest BCUT2D eigenvalue weighted by Crippen LogP contribution is -2.36. The molecule has 0 spiro atoms. The van der Waals surface area contributed by atoms with Gasteiger partial charge in [-0.25, -0.2) is 0 Å². The topological polar surface area (TPSA) is 79.5 Å². The van der Waals surface area contributed by atoms with Gasteiger partial charge in [0.05, 0.1) is 25.9 Å². The van der Waals surface area contributed by atoms with E-state index in [1.165, 1.54) is 7.11 Å². The number of hydrogen-bond acceptors (Lipinski definition) is 4. The number of hydrogen-bond donors (Lipinski definition) is 3. The average molecular weight is 376 g/mol. The zero-order valence-electron chi connectivity index (χ0n) is 15.0. The summed E-state index contributed by atoms with van der Waals surface area (Å²) < 4.78 is 5.21. The molecule has 0 atom stereocenters. The second kappa shape index (κ2) is 9.10. The lowest BCUT2D eigenvalue weighted by Gasteiger charge is -2.12. The van der Waals surface area contributed by atoms with Crippen molar-refractivity contribution < 1.29 is 14.3 Å². The van der Waals surface area contributed by atoms with E-state index in [0.717, 1.165) is 16.8 Å². The maximum Gasteiger partial charge on any atom is 0.243 e. The zero-order valence-corrected chi connectivity index (χ0v) is 15.7. The fourth-order valence-electron chi connectivity index (χ4n) is 2.33. The molecule has 0 unspecified atom stereocenters. The molecule has 2 rings (SSSR count). The molecule has 2 aromatic rings. The highest BCUT2D eigenvalue weighted by molar-refractivity contribution is 6.31. The van der Waals surface area contributed by atoms with Crippen LogP contribution in [0.15, 0.2) is 36.4 Å². The third kappa shape index (κ3) is 5.39. The standard InChI is InChI=1S/C19H22ClN3O3/c1-12-7-8-17(26-3)16(9-12)23-19(25)11-22-18(24)10-21-15-6-4-5-14(20)13(15)2/h4-9,21H,10-11H2,1-3H3,(H,22,24)(H,23,25). The van der Waals surface area contributed by atoms with Crippen molar-refractivity contribution >= 4 is 34.8 Å². The Balaban J connectivity index is 1.83. The van der Waals surface area contributed by atoms with E-state index in [1.54, 1.807) is 18.2 Å². The number of ether oxygens (including phenoxy) is 1. The summed E-state index contributed by atoms with van der Waals surface area (Å²) in [4.78, 5) is 24.0. The fraction of sp³-hybridized carbons (Fsp3) is 0.263. The van der Waals surface area contributed by atoms with Crippen LogP contribution >= 0.6 is 11.6 Å². The monoisotopic (exact) mass is 375 g/mol. The molecule has 7 heteroatoms. The smallest absolute Gasteiger partial charge is 0.243 e. The number of nitrogens with one attached hydrogen (secondary N) is 3. The fourth-order valence-corrected chi connectivity index (χ4v) is 2.50. The molecule has 0 fully saturated rings. The Morgan fingerprint density at radius 1 is 1.04 bits per heavy atom. The first-order valence-corrected chi connectivity index (χ1v) is 8.48. The van der Waals surface area contributed by atoms with E-state index in [-0.39, 0.29) is 24.9 Å². The molecule has 2 aromatic carbocycles. The number of halogens is 1. The first kappa shape index (κ1) is 19.6. The zero-order chi connectivity index (χ0) is 19.1. The third-order valence-corrected chi connectivity index (χ3v) is 4.19. The van der Waals surface area contributed by atoms with Crippen molar-refractivity contribution in [1.29, 1.82) is 0 Å². The van der Waals surface area contributed by atoms with Crippen molar-refractivity contribution in [2.24, 2.45) is 0 Å². The molecule has 26 heavy (non-hydrogen) atoms. The molecular weight excluding hydrogens is 354 g/mol. The average Bonchev–Trinajstić information content (AvgIpc) is 2.61. The van der Waals surface area contributed by atoms with Crippen LogP contribution in [0.1, 0.15) is 11.1 Å². The van der Waals surface area contributed by atoms with Crippen LogP contribution < -0.4 is 20.7 Å². The second-order valence-electron chi connectivity index (χ2n) is 5.79. The van der Waals surface area contributed by atoms with Gasteiger partial charge in [0.15, 0.2) is 0 Å². The van der Waals surface area contributed by atoms with Crippen LogP contribution in [0, 0.1) is 13.8 Å². The number of rotatable bonds is 7. The molecule has 0 radical (unpaired) electrons. The summed E-state index contributed by atoms with van der Waals surface area (Å²) >= 11 is 6.04. The molecule has 0 aromatic heterocycles. The van der Waals surface area contributed by atoms with E-state index in [2.05, 4.69) is 16.0 Å². The van der Waals surface area contributed by atoms with Crippen molar-refractivity contribution in [2.75, 3.05) is 30.8 Å². The van der Waals surface area contributed by atoms with Crippen molar-refractivity contribution in [3.8, 4) is 5.75 Å². The summed E-state index contributed by atoms with van der Waals surface area (Å²) in [5.41, 5.74) is 3.21. The minimum absolute atomic E-state index is 0.0439. The number of carbonyl (C=O) groups is 2. The molecule has 2 amide bonds. The van der Waals surface area contributed by atoms with E-state index in [1.807, 2.05) is 32.0 Å². The first-order valence-electron chi connectivity index (χ1n) is 8.11. The number of benzene rings is 2. The Labute approximate surface area is 157 Å². The van der Waals surface area contributed by atoms with Gasteiger partial charge in [0.1, 0.15) is 5.75 Å². The van der Waals surface area contributed by atoms with Gasteiger partial charge in [0.2, 0.25) is 11.8 Å². The van der Waals surface area contributed by atoms with Gasteiger partial charge in [-0.05, 0) is 49.2 Å². The highest BCUT2D eigenvalue weighted by Crippen LogP contribution is 2.25. The lowest BCUT2D eigenvalue weighted by molar-refractivity contribution is -0.122. The van der Waals surface area contributed by atoms with Gasteiger partial charge in [-0.15, -0.1) is 0 Å². The van der Waals surface area contributed by atoms with Crippen molar-refractivity contribution in [2.45, 2.75) is 13.8 Å². The molecule has 6 nitrogen and oxygen atoms in total. The number of methoxy groups -OCH3 is 1. The van der Waals surface area contributed by atoms with Crippen molar-refractivity contribution in [1.82, 2.24) is 5.32 Å². The molecule has 0 aliphatic heterocycles. The summed E-state index contributed by atoms with van der Waals surface area (Å²) in [6, 6.07) is 10.9. The van der Waals surface area contributed by atoms with Crippen LogP contribution in [0.5, 0.6) is 5.75 Å². The van der Waals surface area contributed by atoms with Crippen LogP contribution in [0.2, 0.25) is 5.02 Å². The highest BCUT2D eigenvalue weighted by Gasteiger charge is 2.10. The lowest BCUT2D eigenvalue weighted by atomic mass is 10.2. The number of carbonyl (C=O) groups excluding carboxylic acids is 2. The number of amides is 2. The summed E-state index contributed by atoms with van der Waals surface area (Å²) in [5, 5.41) is 8.93. The Kier molecular flexibility index (Phi) is 6.86. The SMILES string of the molecule is COc1ccc(C)cc1NC(=O)CNC(=O)CNc1cccc(Cl)c1C. The Morgan fingerprint density at radius 2 is 1.81 bits per heavy atom. The summed E-state index contributed by atoms with van der Waals surface area (Å²) in [6.45, 7) is 3.69. The minimum Gasteiger partial charge on any atom is -0.495 e. The van der Waals surface area contributed by atoms with E-state index in [4.69, 9.17) is 16.3 Å². The highest BCUT2D eigenvalue weighted by atomic mass is 35.5. The predicted molar refractivity (Wildman–Crippen MR) is 104 cm³/mol. The third-order valence-electron chi connectivity index (χ3n) is 3.78. The van der Waals surface area contributed by atoms with Gasteiger partial charge in [0, 0.05) is 10.7 Å². The Bertz CT molecular complexity index is 809. The summed E-state index contributed by atoms with van der Waals surface area (Å²) in [7, 11) is 1.53. The molecule has 138 valence electrons. The van der Waals surface area contributed by atoms with Crippen molar-refractivity contribution in [3.05, 3.63) is 52.5 Å². The van der Waals surface area contributed by atoms with Crippen molar-refractivity contribution in [3.63, 3.8) is 0 Å². The maximum atomic E-state index is 12.1. The van der Waals surface area contributed by atoms with E-state index in [9.17, 15) is 9.59 Å². The number of anilines is 2. The van der Waals surface area contributed by atoms with E-state index in [0.29, 0.717) is 16.5 Å². The predicted octanol–water partition coefficient (Wildman–Crippen LogP) is 3.13. The summed E-state index contributed by atoms with van der Waals surface area (Å²) in [6.07, 6.45) is 0. The molecule has 3 N–H and O–H groups in total. The second-order valence-corrected chi connectivity index (χ2v) is 6.20. The Hall–Kier alpha value is -2.73. The van der Waals surface area contributed by atoms with Crippen LogP contribution in [0.4, 0.5) is 11.4 Å². The largest absolute Gasteiger partial charge is 0.495 e. The number of aryl methyl sites for hydroxylation is 1. The first-order chi connectivity index (χ1) is 12.4. The molecule has 0 aliphatic rings. The molecule has 0 saturated carbocycles. The maximum absolute atomic E-state index is 12.1. The molecule has 0 bridgehead atoms. The summed E-state index contributed by atoms with van der Waals surface area (Å²) in [5.74, 6) is -0.0645. The molecule has 0 aliphatic carbocycles. The molecule has 0 saturated heterocycles. The van der Waals surface area contributed by atoms with Crippen LogP contribution in [0.3, 0.4) is 0 Å². The molecular formula is C19H22ClN3O3. The van der Waals surface area contributed by atoms with Gasteiger partial charge < -0.3 is 20.7 Å². The molecule has 0 heterocycles. The van der Waals surface area contributed by atoms with E-state index < -0.39 is 0 Å². The van der Waals surface area contributed by atoms with Crippen LogP contribution in [-0.2, 0) is 9.59 Å². The van der Waals surface area contributed by atoms with Gasteiger partial charge in [-0.2, -0.15) is 0 Å². The van der Waals surface area contributed by atoms with Crippen LogP contribution in [-0.4, -0.2) is 32.0 Å². The van der Waals surface area contributed by atoms with E-state index >= 15 is 0 Å². The van der Waals surface area contributed by atoms with Crippen LogP contribution in [0.25, 0.3) is 0 Å². The van der Waals surface area contributed by atoms with Gasteiger partial charge in [-0.3, -0.25) is 9.59 Å². The quantitative estimate of drug-likeness (QED) is 0.694.